The summed E-state index contributed by atoms with van der Waals surface area (Å²) in [6.45, 7) is 5.81. The zero-order valence-electron chi connectivity index (χ0n) is 20.3. The summed E-state index contributed by atoms with van der Waals surface area (Å²) < 4.78 is 12.9. The molecule has 0 bridgehead atoms. The summed E-state index contributed by atoms with van der Waals surface area (Å²) in [6, 6.07) is 5.17. The van der Waals surface area contributed by atoms with Crippen molar-refractivity contribution < 1.29 is 14.3 Å². The number of fused-ring (bicyclic) bond motifs is 2. The molecule has 4 heterocycles. The zero-order valence-corrected chi connectivity index (χ0v) is 21.9. The smallest absolute Gasteiger partial charge is 0.336 e. The van der Waals surface area contributed by atoms with Crippen molar-refractivity contribution in [1.29, 1.82) is 0 Å². The number of carbonyl (C=O) groups excluding carboxylic acids is 1. The first-order chi connectivity index (χ1) is 17.4. The normalized spacial score (nSPS) is 20.6. The summed E-state index contributed by atoms with van der Waals surface area (Å²) in [5.74, 6) is 0.976. The minimum Gasteiger partial charge on any atom is -0.491 e. The van der Waals surface area contributed by atoms with Crippen molar-refractivity contribution >= 4 is 40.6 Å². The molecule has 3 aliphatic rings. The average molecular weight is 527 g/mol. The highest BCUT2D eigenvalue weighted by Crippen LogP contribution is 2.45. The van der Waals surface area contributed by atoms with Crippen LogP contribution in [0.3, 0.4) is 0 Å². The number of aromatic nitrogens is 2. The summed E-state index contributed by atoms with van der Waals surface area (Å²) in [5, 5.41) is 5.56. The van der Waals surface area contributed by atoms with E-state index in [-0.39, 0.29) is 29.4 Å². The Balaban J connectivity index is 1.39. The third-order valence-corrected chi connectivity index (χ3v) is 8.02. The molecule has 0 saturated carbocycles. The number of ether oxygens (including phenoxy) is 2. The van der Waals surface area contributed by atoms with Crippen LogP contribution in [0.5, 0.6) is 5.75 Å². The first-order valence-corrected chi connectivity index (χ1v) is 13.1. The first kappa shape index (κ1) is 24.8. The van der Waals surface area contributed by atoms with Gasteiger partial charge in [0.2, 0.25) is 0 Å². The Bertz CT molecular complexity index is 1380. The Morgan fingerprint density at radius 1 is 1.33 bits per heavy atom. The summed E-state index contributed by atoms with van der Waals surface area (Å²) in [6.07, 6.45) is 2.78. The number of thioether (sulfide) groups is 1. The van der Waals surface area contributed by atoms with Gasteiger partial charge in [0.1, 0.15) is 18.2 Å². The van der Waals surface area contributed by atoms with Crippen molar-refractivity contribution in [3.05, 3.63) is 73.3 Å². The van der Waals surface area contributed by atoms with Crippen LogP contribution in [0.4, 0.5) is 0 Å². The second-order valence-electron chi connectivity index (χ2n) is 8.89. The number of hydrogen-bond acceptors (Lipinski definition) is 8. The second kappa shape index (κ2) is 10.2. The molecule has 5 rings (SSSR count). The van der Waals surface area contributed by atoms with E-state index < -0.39 is 0 Å². The lowest BCUT2D eigenvalue weighted by atomic mass is 9.91. The number of esters is 1. The number of carbonyl (C=O) groups is 1. The largest absolute Gasteiger partial charge is 0.491 e. The van der Waals surface area contributed by atoms with Crippen LogP contribution in [-0.4, -0.2) is 52.8 Å². The molecule has 0 fully saturated rings. The van der Waals surface area contributed by atoms with Gasteiger partial charge in [-0.3, -0.25) is 14.4 Å². The molecule has 1 N–H and O–H groups in total. The first-order valence-electron chi connectivity index (χ1n) is 11.8. The molecule has 36 heavy (non-hydrogen) atoms. The van der Waals surface area contributed by atoms with Gasteiger partial charge in [0.05, 0.1) is 41.8 Å². The van der Waals surface area contributed by atoms with E-state index in [1.807, 2.05) is 37.5 Å². The third-order valence-electron chi connectivity index (χ3n) is 6.59. The summed E-state index contributed by atoms with van der Waals surface area (Å²) in [5.41, 5.74) is 4.79. The SMILES string of the molecule is COC(=O)C1=CSC2C(c3cc(Cl)ccc3OCCn3c(C)nc4c(c3=O)CNCC4)=CC(C)=NC12. The van der Waals surface area contributed by atoms with E-state index >= 15 is 0 Å². The number of hydrogen-bond donors (Lipinski definition) is 1. The lowest BCUT2D eigenvalue weighted by Gasteiger charge is -2.27. The predicted molar refractivity (Wildman–Crippen MR) is 142 cm³/mol. The van der Waals surface area contributed by atoms with Gasteiger partial charge in [-0.1, -0.05) is 11.6 Å². The second-order valence-corrected chi connectivity index (χ2v) is 10.3. The topological polar surface area (TPSA) is 94.8 Å². The zero-order chi connectivity index (χ0) is 25.4. The minimum atomic E-state index is -0.370. The molecule has 1 aromatic heterocycles. The van der Waals surface area contributed by atoms with Gasteiger partial charge in [0, 0.05) is 35.8 Å². The Labute approximate surface area is 218 Å². The Morgan fingerprint density at radius 2 is 2.17 bits per heavy atom. The molecule has 10 heteroatoms. The van der Waals surface area contributed by atoms with Crippen LogP contribution in [0.1, 0.15) is 29.6 Å². The number of methoxy groups -OCH3 is 1. The molecule has 3 aliphatic heterocycles. The predicted octanol–water partition coefficient (Wildman–Crippen LogP) is 3.33. The van der Waals surface area contributed by atoms with E-state index in [9.17, 15) is 9.59 Å². The molecule has 2 unspecified atom stereocenters. The van der Waals surface area contributed by atoms with Gasteiger partial charge in [0.15, 0.2) is 0 Å². The number of aryl methyl sites for hydroxylation is 1. The number of rotatable bonds is 6. The highest BCUT2D eigenvalue weighted by Gasteiger charge is 2.40. The molecule has 0 amide bonds. The van der Waals surface area contributed by atoms with Crippen molar-refractivity contribution in [1.82, 2.24) is 14.9 Å². The molecule has 0 spiro atoms. The van der Waals surface area contributed by atoms with Gasteiger partial charge >= 0.3 is 5.97 Å². The number of aliphatic imine (C=N–C) groups is 1. The summed E-state index contributed by atoms with van der Waals surface area (Å²) >= 11 is 7.93. The number of nitrogens with zero attached hydrogens (tertiary/aromatic N) is 3. The standard InChI is InChI=1S/C26H27ClN4O4S/c1-14-10-18(24-23(29-14)20(13-36-24)26(33)34-3)17-11-16(27)4-5-22(17)35-9-8-31-15(2)30-21-6-7-28-12-19(21)25(31)32/h4-5,10-11,13,23-24,28H,6-9,12H2,1-3H3. The Morgan fingerprint density at radius 3 is 2.97 bits per heavy atom. The van der Waals surface area contributed by atoms with E-state index in [1.165, 1.54) is 18.9 Å². The Kier molecular flexibility index (Phi) is 7.05. The molecular formula is C26H27ClN4O4S. The molecular weight excluding hydrogens is 500 g/mol. The van der Waals surface area contributed by atoms with Crippen molar-refractivity contribution in [2.45, 2.75) is 44.6 Å². The van der Waals surface area contributed by atoms with Crippen molar-refractivity contribution in [2.24, 2.45) is 4.99 Å². The van der Waals surface area contributed by atoms with Crippen LogP contribution in [0, 0.1) is 6.92 Å². The van der Waals surface area contributed by atoms with Crippen LogP contribution in [0.15, 0.2) is 45.0 Å². The number of nitrogens with one attached hydrogen (secondary N) is 1. The molecule has 2 atom stereocenters. The maximum absolute atomic E-state index is 13.0. The maximum atomic E-state index is 13.0. The van der Waals surface area contributed by atoms with Crippen LogP contribution < -0.4 is 15.6 Å². The average Bonchev–Trinajstić information content (AvgIpc) is 3.29. The lowest BCUT2D eigenvalue weighted by Crippen LogP contribution is -2.37. The van der Waals surface area contributed by atoms with E-state index in [1.54, 1.807) is 10.6 Å². The Hall–Kier alpha value is -2.88. The van der Waals surface area contributed by atoms with Gasteiger partial charge in [0.25, 0.3) is 5.56 Å². The fourth-order valence-corrected chi connectivity index (χ4v) is 6.24. The molecule has 0 aliphatic carbocycles. The lowest BCUT2D eigenvalue weighted by molar-refractivity contribution is -0.136. The molecule has 1 aromatic carbocycles. The van der Waals surface area contributed by atoms with E-state index in [0.29, 0.717) is 35.3 Å². The molecule has 188 valence electrons. The molecule has 8 nitrogen and oxygen atoms in total. The van der Waals surface area contributed by atoms with Crippen molar-refractivity contribution in [3.63, 3.8) is 0 Å². The monoisotopic (exact) mass is 526 g/mol. The molecule has 0 saturated heterocycles. The van der Waals surface area contributed by atoms with E-state index in [2.05, 4.69) is 10.3 Å². The third kappa shape index (κ3) is 4.63. The van der Waals surface area contributed by atoms with Crippen molar-refractivity contribution in [3.8, 4) is 5.75 Å². The molecule has 2 aromatic rings. The molecule has 0 radical (unpaired) electrons. The number of allylic oxidation sites excluding steroid dienone is 1. The van der Waals surface area contributed by atoms with Crippen LogP contribution >= 0.6 is 23.4 Å². The van der Waals surface area contributed by atoms with Crippen LogP contribution in [-0.2, 0) is 29.0 Å². The summed E-state index contributed by atoms with van der Waals surface area (Å²) in [7, 11) is 1.38. The quantitative estimate of drug-likeness (QED) is 0.577. The van der Waals surface area contributed by atoms with Gasteiger partial charge in [-0.05, 0) is 49.1 Å². The van der Waals surface area contributed by atoms with Gasteiger partial charge in [-0.25, -0.2) is 9.78 Å². The summed E-state index contributed by atoms with van der Waals surface area (Å²) in [4.78, 5) is 34.7. The van der Waals surface area contributed by atoms with E-state index in [4.69, 9.17) is 26.1 Å². The van der Waals surface area contributed by atoms with Gasteiger partial charge < -0.3 is 14.8 Å². The van der Waals surface area contributed by atoms with E-state index in [0.717, 1.165) is 41.1 Å². The number of dihydropyridines is 1. The maximum Gasteiger partial charge on any atom is 0.336 e. The fourth-order valence-electron chi connectivity index (χ4n) is 4.84. The van der Waals surface area contributed by atoms with Crippen LogP contribution in [0.2, 0.25) is 5.02 Å². The number of halogens is 1. The van der Waals surface area contributed by atoms with Gasteiger partial charge in [-0.2, -0.15) is 0 Å². The highest BCUT2D eigenvalue weighted by atomic mass is 35.5. The number of benzene rings is 1. The fraction of sp³-hybridized carbons (Fsp3) is 0.385. The van der Waals surface area contributed by atoms with Crippen molar-refractivity contribution in [2.75, 3.05) is 20.3 Å². The van der Waals surface area contributed by atoms with Gasteiger partial charge in [-0.15, -0.1) is 11.8 Å². The van der Waals surface area contributed by atoms with Crippen LogP contribution in [0.25, 0.3) is 5.57 Å². The minimum absolute atomic E-state index is 0.0157. The highest BCUT2D eigenvalue weighted by molar-refractivity contribution is 8.03.